The molecule has 0 amide bonds. The first-order valence-electron chi connectivity index (χ1n) is 5.15. The van der Waals surface area contributed by atoms with E-state index in [9.17, 15) is 0 Å². The van der Waals surface area contributed by atoms with E-state index in [1.54, 1.807) is 0 Å². The van der Waals surface area contributed by atoms with Crippen molar-refractivity contribution in [2.75, 3.05) is 0 Å². The zero-order valence-electron chi connectivity index (χ0n) is 8.19. The zero-order chi connectivity index (χ0) is 9.80. The second kappa shape index (κ2) is 4.27. The molecule has 1 N–H and O–H groups in total. The minimum atomic E-state index is 0.461. The molecular weight excluding hydrogens is 174 g/mol. The third-order valence-electron chi connectivity index (χ3n) is 2.91. The number of rotatable bonds is 2. The van der Waals surface area contributed by atoms with Gasteiger partial charge in [-0.15, -0.1) is 0 Å². The third kappa shape index (κ3) is 1.95. The molecule has 0 spiro atoms. The first kappa shape index (κ1) is 9.25. The second-order valence-electron chi connectivity index (χ2n) is 3.87. The summed E-state index contributed by atoms with van der Waals surface area (Å²) >= 11 is 0. The molecule has 74 valence electrons. The van der Waals surface area contributed by atoms with E-state index in [1.807, 2.05) is 6.07 Å². The SMILES string of the molecule is O/N=C1/CCCC1Cc1ccccc1. The number of hydrogen-bond donors (Lipinski definition) is 1. The molecule has 1 atom stereocenters. The normalized spacial score (nSPS) is 24.3. The monoisotopic (exact) mass is 189 g/mol. The minimum Gasteiger partial charge on any atom is -0.411 e. The van der Waals surface area contributed by atoms with Crippen molar-refractivity contribution >= 4 is 5.71 Å². The minimum absolute atomic E-state index is 0.461. The topological polar surface area (TPSA) is 32.6 Å². The molecular formula is C12H15NO. The molecule has 1 unspecified atom stereocenters. The highest BCUT2D eigenvalue weighted by Crippen LogP contribution is 2.25. The van der Waals surface area contributed by atoms with Crippen LogP contribution in [0.4, 0.5) is 0 Å². The lowest BCUT2D eigenvalue weighted by molar-refractivity contribution is 0.315. The number of nitrogens with zero attached hydrogens (tertiary/aromatic N) is 1. The largest absolute Gasteiger partial charge is 0.411 e. The molecule has 0 aromatic heterocycles. The van der Waals surface area contributed by atoms with Crippen molar-refractivity contribution in [3.63, 3.8) is 0 Å². The lowest BCUT2D eigenvalue weighted by Gasteiger charge is -2.09. The van der Waals surface area contributed by atoms with Crippen molar-refractivity contribution < 1.29 is 5.21 Å². The predicted molar refractivity (Wildman–Crippen MR) is 56.7 cm³/mol. The van der Waals surface area contributed by atoms with Gasteiger partial charge in [-0.1, -0.05) is 35.5 Å². The molecule has 0 bridgehead atoms. The Bertz CT molecular complexity index is 318. The van der Waals surface area contributed by atoms with Gasteiger partial charge in [-0.3, -0.25) is 0 Å². The van der Waals surface area contributed by atoms with Gasteiger partial charge >= 0.3 is 0 Å². The maximum Gasteiger partial charge on any atom is 0.0604 e. The van der Waals surface area contributed by atoms with Crippen LogP contribution in [0, 0.1) is 5.92 Å². The van der Waals surface area contributed by atoms with Crippen LogP contribution in [-0.2, 0) is 6.42 Å². The highest BCUT2D eigenvalue weighted by Gasteiger charge is 2.22. The van der Waals surface area contributed by atoms with E-state index in [0.29, 0.717) is 5.92 Å². The molecule has 1 aromatic rings. The van der Waals surface area contributed by atoms with Gasteiger partial charge in [-0.25, -0.2) is 0 Å². The van der Waals surface area contributed by atoms with E-state index in [1.165, 1.54) is 5.56 Å². The van der Waals surface area contributed by atoms with Crippen molar-refractivity contribution in [1.29, 1.82) is 0 Å². The van der Waals surface area contributed by atoms with Crippen LogP contribution in [0.3, 0.4) is 0 Å². The van der Waals surface area contributed by atoms with Crippen LogP contribution < -0.4 is 0 Å². The molecule has 14 heavy (non-hydrogen) atoms. The molecule has 0 heterocycles. The Morgan fingerprint density at radius 2 is 2.07 bits per heavy atom. The Morgan fingerprint density at radius 1 is 1.29 bits per heavy atom. The van der Waals surface area contributed by atoms with Crippen molar-refractivity contribution in [2.45, 2.75) is 25.7 Å². The fraction of sp³-hybridized carbons (Fsp3) is 0.417. The first-order valence-corrected chi connectivity index (χ1v) is 5.15. The van der Waals surface area contributed by atoms with E-state index in [2.05, 4.69) is 29.4 Å². The van der Waals surface area contributed by atoms with Gasteiger partial charge in [0.15, 0.2) is 0 Å². The van der Waals surface area contributed by atoms with E-state index < -0.39 is 0 Å². The van der Waals surface area contributed by atoms with Crippen LogP contribution >= 0.6 is 0 Å². The van der Waals surface area contributed by atoms with Crippen LogP contribution in [0.25, 0.3) is 0 Å². The number of benzene rings is 1. The van der Waals surface area contributed by atoms with Crippen molar-refractivity contribution in [2.24, 2.45) is 11.1 Å². The van der Waals surface area contributed by atoms with E-state index in [0.717, 1.165) is 31.4 Å². The molecule has 0 saturated heterocycles. The summed E-state index contributed by atoms with van der Waals surface area (Å²) in [6, 6.07) is 10.4. The van der Waals surface area contributed by atoms with E-state index in [-0.39, 0.29) is 0 Å². The number of hydrogen-bond acceptors (Lipinski definition) is 2. The molecule has 1 saturated carbocycles. The summed E-state index contributed by atoms with van der Waals surface area (Å²) in [6.45, 7) is 0. The van der Waals surface area contributed by atoms with Crippen molar-refractivity contribution in [3.05, 3.63) is 35.9 Å². The van der Waals surface area contributed by atoms with Gasteiger partial charge in [0, 0.05) is 5.92 Å². The zero-order valence-corrected chi connectivity index (χ0v) is 8.19. The van der Waals surface area contributed by atoms with Crippen LogP contribution in [0.15, 0.2) is 35.5 Å². The van der Waals surface area contributed by atoms with Gasteiger partial charge in [0.2, 0.25) is 0 Å². The lowest BCUT2D eigenvalue weighted by atomic mass is 9.97. The summed E-state index contributed by atoms with van der Waals surface area (Å²) in [6.07, 6.45) is 4.30. The van der Waals surface area contributed by atoms with Crippen molar-refractivity contribution in [1.82, 2.24) is 0 Å². The quantitative estimate of drug-likeness (QED) is 0.563. The molecule has 2 rings (SSSR count). The highest BCUT2D eigenvalue weighted by atomic mass is 16.4. The van der Waals surface area contributed by atoms with Gasteiger partial charge in [-0.2, -0.15) is 0 Å². The molecule has 1 aromatic carbocycles. The lowest BCUT2D eigenvalue weighted by Crippen LogP contribution is -2.09. The molecule has 1 aliphatic carbocycles. The van der Waals surface area contributed by atoms with Gasteiger partial charge in [0.25, 0.3) is 0 Å². The molecule has 1 aliphatic rings. The molecule has 0 aliphatic heterocycles. The smallest absolute Gasteiger partial charge is 0.0604 e. The van der Waals surface area contributed by atoms with E-state index >= 15 is 0 Å². The Labute approximate surface area is 84.3 Å². The standard InChI is InChI=1S/C12H15NO/c14-13-12-8-4-7-11(12)9-10-5-2-1-3-6-10/h1-3,5-6,11,14H,4,7-9H2/b13-12-. The average molecular weight is 189 g/mol. The van der Waals surface area contributed by atoms with Gasteiger partial charge in [0.05, 0.1) is 5.71 Å². The number of oxime groups is 1. The van der Waals surface area contributed by atoms with Crippen molar-refractivity contribution in [3.8, 4) is 0 Å². The summed E-state index contributed by atoms with van der Waals surface area (Å²) < 4.78 is 0. The van der Waals surface area contributed by atoms with Crippen LogP contribution in [0.2, 0.25) is 0 Å². The highest BCUT2D eigenvalue weighted by molar-refractivity contribution is 5.88. The van der Waals surface area contributed by atoms with Gasteiger partial charge in [0.1, 0.15) is 0 Å². The summed E-state index contributed by atoms with van der Waals surface area (Å²) in [7, 11) is 0. The molecule has 2 heteroatoms. The summed E-state index contributed by atoms with van der Waals surface area (Å²) in [5, 5.41) is 12.2. The van der Waals surface area contributed by atoms with Gasteiger partial charge in [-0.05, 0) is 31.2 Å². The first-order chi connectivity index (χ1) is 6.90. The summed E-state index contributed by atoms with van der Waals surface area (Å²) in [5.41, 5.74) is 2.31. The van der Waals surface area contributed by atoms with Gasteiger partial charge < -0.3 is 5.21 Å². The maximum atomic E-state index is 8.80. The predicted octanol–water partition coefficient (Wildman–Crippen LogP) is 2.86. The summed E-state index contributed by atoms with van der Waals surface area (Å²) in [4.78, 5) is 0. The van der Waals surface area contributed by atoms with Crippen LogP contribution in [0.5, 0.6) is 0 Å². The third-order valence-corrected chi connectivity index (χ3v) is 2.91. The molecule has 1 fully saturated rings. The molecule has 0 radical (unpaired) electrons. The second-order valence-corrected chi connectivity index (χ2v) is 3.87. The van der Waals surface area contributed by atoms with Crippen LogP contribution in [0.1, 0.15) is 24.8 Å². The Kier molecular flexibility index (Phi) is 2.82. The maximum absolute atomic E-state index is 8.80. The molecule has 2 nitrogen and oxygen atoms in total. The Balaban J connectivity index is 2.04. The summed E-state index contributed by atoms with van der Waals surface area (Å²) in [5.74, 6) is 0.461. The van der Waals surface area contributed by atoms with E-state index in [4.69, 9.17) is 5.21 Å². The van der Waals surface area contributed by atoms with Crippen LogP contribution in [-0.4, -0.2) is 10.9 Å². The fourth-order valence-corrected chi connectivity index (χ4v) is 2.15. The average Bonchev–Trinajstić information content (AvgIpc) is 2.67. The Morgan fingerprint density at radius 3 is 2.79 bits per heavy atom. The fourth-order valence-electron chi connectivity index (χ4n) is 2.15. The Hall–Kier alpha value is -1.31.